The number of carbonyl (C=O) groups excluding carboxylic acids is 1. The number of thioether (sulfide) groups is 1. The summed E-state index contributed by atoms with van der Waals surface area (Å²) in [5.41, 5.74) is 8.82. The molecule has 0 atom stereocenters. The average molecular weight is 338 g/mol. The first-order valence-corrected chi connectivity index (χ1v) is 9.32. The topological polar surface area (TPSA) is 41.1 Å². The van der Waals surface area contributed by atoms with Crippen LogP contribution in [0.2, 0.25) is 0 Å². The Labute approximate surface area is 147 Å². The lowest BCUT2D eigenvalue weighted by Gasteiger charge is -2.15. The van der Waals surface area contributed by atoms with Gasteiger partial charge in [0.25, 0.3) is 5.91 Å². The standard InChI is InChI=1S/C20H22N2OS/c23-20(22-21-18-7-3-1-4-8-18)17-13-11-16(12-14-17)15-24-19-9-5-2-6-10-19/h2,5-7,9-14,21H,1,3-4,8,15H2,(H,22,23). The van der Waals surface area contributed by atoms with Gasteiger partial charge in [-0.15, -0.1) is 11.8 Å². The van der Waals surface area contributed by atoms with Gasteiger partial charge < -0.3 is 5.43 Å². The molecule has 124 valence electrons. The second-order valence-corrected chi connectivity index (χ2v) is 6.90. The third-order valence-electron chi connectivity index (χ3n) is 3.99. The largest absolute Gasteiger partial charge is 0.303 e. The molecule has 0 aromatic heterocycles. The lowest BCUT2D eigenvalue weighted by atomic mass is 10.1. The lowest BCUT2D eigenvalue weighted by molar-refractivity contribution is 0.0938. The summed E-state index contributed by atoms with van der Waals surface area (Å²) in [4.78, 5) is 13.4. The number of hydrazine groups is 1. The summed E-state index contributed by atoms with van der Waals surface area (Å²) in [6.45, 7) is 0. The minimum Gasteiger partial charge on any atom is -0.303 e. The number of hydrogen-bond acceptors (Lipinski definition) is 3. The van der Waals surface area contributed by atoms with E-state index in [9.17, 15) is 4.79 Å². The van der Waals surface area contributed by atoms with Crippen molar-refractivity contribution in [3.8, 4) is 0 Å². The van der Waals surface area contributed by atoms with Crippen LogP contribution >= 0.6 is 11.8 Å². The van der Waals surface area contributed by atoms with E-state index in [-0.39, 0.29) is 5.91 Å². The van der Waals surface area contributed by atoms with Gasteiger partial charge in [0.15, 0.2) is 0 Å². The zero-order valence-electron chi connectivity index (χ0n) is 13.6. The van der Waals surface area contributed by atoms with Gasteiger partial charge in [0, 0.05) is 21.9 Å². The van der Waals surface area contributed by atoms with Crippen molar-refractivity contribution in [2.24, 2.45) is 0 Å². The van der Waals surface area contributed by atoms with Crippen molar-refractivity contribution in [3.05, 3.63) is 77.5 Å². The van der Waals surface area contributed by atoms with Crippen LogP contribution in [0.3, 0.4) is 0 Å². The van der Waals surface area contributed by atoms with Crippen LogP contribution < -0.4 is 10.9 Å². The smallest absolute Gasteiger partial charge is 0.269 e. The number of hydrogen-bond donors (Lipinski definition) is 2. The predicted octanol–water partition coefficient (Wildman–Crippen LogP) is 4.67. The van der Waals surface area contributed by atoms with Gasteiger partial charge in [-0.3, -0.25) is 10.2 Å². The van der Waals surface area contributed by atoms with Crippen molar-refractivity contribution >= 4 is 17.7 Å². The van der Waals surface area contributed by atoms with Crippen molar-refractivity contribution in [1.82, 2.24) is 10.9 Å². The van der Waals surface area contributed by atoms with Gasteiger partial charge in [0.05, 0.1) is 0 Å². The van der Waals surface area contributed by atoms with Gasteiger partial charge in [0.2, 0.25) is 0 Å². The maximum Gasteiger partial charge on any atom is 0.269 e. The summed E-state index contributed by atoms with van der Waals surface area (Å²) < 4.78 is 0. The second-order valence-electron chi connectivity index (χ2n) is 5.85. The zero-order chi connectivity index (χ0) is 16.6. The van der Waals surface area contributed by atoms with Crippen molar-refractivity contribution in [2.45, 2.75) is 36.3 Å². The van der Waals surface area contributed by atoms with Crippen LogP contribution in [0.1, 0.15) is 41.6 Å². The van der Waals surface area contributed by atoms with E-state index in [1.807, 2.05) is 42.5 Å². The Kier molecular flexibility index (Phi) is 5.96. The van der Waals surface area contributed by atoms with Crippen LogP contribution in [0.4, 0.5) is 0 Å². The van der Waals surface area contributed by atoms with E-state index >= 15 is 0 Å². The summed E-state index contributed by atoms with van der Waals surface area (Å²) in [5.74, 6) is 0.806. The molecule has 3 nitrogen and oxygen atoms in total. The Bertz CT molecular complexity index is 695. The number of benzene rings is 2. The molecule has 1 aliphatic rings. The molecule has 0 heterocycles. The Morgan fingerprint density at radius 2 is 1.79 bits per heavy atom. The van der Waals surface area contributed by atoms with Crippen LogP contribution in [0, 0.1) is 0 Å². The fourth-order valence-electron chi connectivity index (χ4n) is 2.60. The van der Waals surface area contributed by atoms with Crippen LogP contribution in [0.15, 0.2) is 71.3 Å². The highest BCUT2D eigenvalue weighted by Gasteiger charge is 2.07. The molecule has 0 spiro atoms. The van der Waals surface area contributed by atoms with Crippen LogP contribution in [-0.2, 0) is 5.75 Å². The Morgan fingerprint density at radius 3 is 2.50 bits per heavy atom. The fourth-order valence-corrected chi connectivity index (χ4v) is 3.47. The van der Waals surface area contributed by atoms with Crippen molar-refractivity contribution in [1.29, 1.82) is 0 Å². The molecule has 0 aliphatic heterocycles. The highest BCUT2D eigenvalue weighted by atomic mass is 32.2. The molecule has 2 aromatic rings. The molecular weight excluding hydrogens is 316 g/mol. The molecule has 0 radical (unpaired) electrons. The molecule has 24 heavy (non-hydrogen) atoms. The molecule has 0 bridgehead atoms. The Morgan fingerprint density at radius 1 is 1.00 bits per heavy atom. The maximum absolute atomic E-state index is 12.2. The molecule has 0 saturated carbocycles. The molecular formula is C20H22N2OS. The monoisotopic (exact) mass is 338 g/mol. The first kappa shape index (κ1) is 16.7. The number of rotatable bonds is 6. The normalized spacial score (nSPS) is 13.9. The van der Waals surface area contributed by atoms with Crippen LogP contribution in [0.25, 0.3) is 0 Å². The van der Waals surface area contributed by atoms with Gasteiger partial charge >= 0.3 is 0 Å². The average Bonchev–Trinajstić information content (AvgIpc) is 2.66. The highest BCUT2D eigenvalue weighted by molar-refractivity contribution is 7.98. The van der Waals surface area contributed by atoms with Crippen LogP contribution in [0.5, 0.6) is 0 Å². The van der Waals surface area contributed by atoms with E-state index in [4.69, 9.17) is 0 Å². The lowest BCUT2D eigenvalue weighted by Crippen LogP contribution is -2.37. The van der Waals surface area contributed by atoms with Crippen molar-refractivity contribution in [2.75, 3.05) is 0 Å². The molecule has 1 aliphatic carbocycles. The molecule has 1 amide bonds. The summed E-state index contributed by atoms with van der Waals surface area (Å²) in [7, 11) is 0. The number of allylic oxidation sites excluding steroid dienone is 2. The molecule has 3 rings (SSSR count). The van der Waals surface area contributed by atoms with Gasteiger partial charge in [-0.05, 0) is 55.5 Å². The van der Waals surface area contributed by atoms with E-state index in [0.717, 1.165) is 24.3 Å². The van der Waals surface area contributed by atoms with Gasteiger partial charge in [-0.1, -0.05) is 36.4 Å². The quantitative estimate of drug-likeness (QED) is 0.594. The van der Waals surface area contributed by atoms with Gasteiger partial charge in [-0.2, -0.15) is 0 Å². The minimum absolute atomic E-state index is 0.0938. The van der Waals surface area contributed by atoms with E-state index < -0.39 is 0 Å². The Hall–Kier alpha value is -2.20. The maximum atomic E-state index is 12.2. The first-order chi connectivity index (χ1) is 11.8. The predicted molar refractivity (Wildman–Crippen MR) is 99.6 cm³/mol. The first-order valence-electron chi connectivity index (χ1n) is 8.33. The zero-order valence-corrected chi connectivity index (χ0v) is 14.4. The summed E-state index contributed by atoms with van der Waals surface area (Å²) >= 11 is 1.80. The third kappa shape index (κ3) is 4.90. The van der Waals surface area contributed by atoms with Crippen LogP contribution in [-0.4, -0.2) is 5.91 Å². The molecule has 2 N–H and O–H groups in total. The van der Waals surface area contributed by atoms with E-state index in [2.05, 4.69) is 29.1 Å². The molecule has 0 fully saturated rings. The van der Waals surface area contributed by atoms with E-state index in [1.54, 1.807) is 11.8 Å². The van der Waals surface area contributed by atoms with E-state index in [0.29, 0.717) is 5.56 Å². The third-order valence-corrected chi connectivity index (χ3v) is 5.08. The summed E-state index contributed by atoms with van der Waals surface area (Å²) in [6, 6.07) is 18.1. The molecule has 2 aromatic carbocycles. The fraction of sp³-hybridized carbons (Fsp3) is 0.250. The van der Waals surface area contributed by atoms with Gasteiger partial charge in [-0.25, -0.2) is 0 Å². The van der Waals surface area contributed by atoms with E-state index in [1.165, 1.54) is 23.3 Å². The molecule has 0 saturated heterocycles. The van der Waals surface area contributed by atoms with Crippen molar-refractivity contribution in [3.63, 3.8) is 0 Å². The second kappa shape index (κ2) is 8.60. The molecule has 0 unspecified atom stereocenters. The minimum atomic E-state index is -0.0938. The van der Waals surface area contributed by atoms with Crippen molar-refractivity contribution < 1.29 is 4.79 Å². The Balaban J connectivity index is 1.50. The number of carbonyl (C=O) groups is 1. The number of nitrogens with one attached hydrogen (secondary N) is 2. The summed E-state index contributed by atoms with van der Waals surface area (Å²) in [5, 5.41) is 0. The SMILES string of the molecule is O=C(NNC1=CCCCC1)c1ccc(CSc2ccccc2)cc1. The summed E-state index contributed by atoms with van der Waals surface area (Å²) in [6.07, 6.45) is 6.68. The van der Waals surface area contributed by atoms with Gasteiger partial charge in [0.1, 0.15) is 0 Å². The molecule has 4 heteroatoms. The highest BCUT2D eigenvalue weighted by Crippen LogP contribution is 2.22. The number of amides is 1.